The number of nitrogens with zero attached hydrogens (tertiary/aromatic N) is 2. The summed E-state index contributed by atoms with van der Waals surface area (Å²) >= 11 is 1.14. The molecule has 1 aromatic heterocycles. The Balaban J connectivity index is 1.62. The van der Waals surface area contributed by atoms with Gasteiger partial charge >= 0.3 is 6.18 Å². The molecule has 0 fully saturated rings. The number of hydrogen-bond donors (Lipinski definition) is 2. The second-order valence-corrected chi connectivity index (χ2v) is 8.31. The first-order valence-electron chi connectivity index (χ1n) is 9.96. The maximum atomic E-state index is 13.3. The number of fused-ring (bicyclic) bond motifs is 1. The van der Waals surface area contributed by atoms with Gasteiger partial charge in [0.1, 0.15) is 5.82 Å². The van der Waals surface area contributed by atoms with Crippen LogP contribution in [0.4, 0.5) is 24.7 Å². The summed E-state index contributed by atoms with van der Waals surface area (Å²) in [7, 11) is 0. The quantitative estimate of drug-likeness (QED) is 0.551. The molecular formula is C23H20F3N3O2S. The van der Waals surface area contributed by atoms with Gasteiger partial charge in [-0.05, 0) is 54.4 Å². The Kier molecular flexibility index (Phi) is 6.38. The van der Waals surface area contributed by atoms with Crippen molar-refractivity contribution in [2.45, 2.75) is 22.4 Å². The molecule has 2 aromatic carbocycles. The first-order chi connectivity index (χ1) is 15.4. The highest BCUT2D eigenvalue weighted by molar-refractivity contribution is 7.99. The first kappa shape index (κ1) is 22.2. The lowest BCUT2D eigenvalue weighted by Gasteiger charge is -2.22. The zero-order valence-corrected chi connectivity index (χ0v) is 17.7. The third-order valence-corrected chi connectivity index (χ3v) is 6.04. The topological polar surface area (TPSA) is 65.5 Å². The highest BCUT2D eigenvalue weighted by Crippen LogP contribution is 2.35. The summed E-state index contributed by atoms with van der Waals surface area (Å²) in [5.41, 5.74) is 1.66. The van der Waals surface area contributed by atoms with Crippen molar-refractivity contribution < 1.29 is 23.1 Å². The second-order valence-electron chi connectivity index (χ2n) is 7.17. The molecule has 1 aliphatic rings. The minimum absolute atomic E-state index is 0.0423. The fourth-order valence-electron chi connectivity index (χ4n) is 3.59. The Bertz CT molecular complexity index is 1140. The molecule has 0 spiro atoms. The van der Waals surface area contributed by atoms with Crippen LogP contribution in [0.2, 0.25) is 0 Å². The second kappa shape index (κ2) is 9.22. The number of anilines is 2. The number of benzene rings is 2. The van der Waals surface area contributed by atoms with E-state index >= 15 is 0 Å². The Morgan fingerprint density at radius 1 is 1.12 bits per heavy atom. The van der Waals surface area contributed by atoms with Crippen LogP contribution < -0.4 is 10.2 Å². The van der Waals surface area contributed by atoms with Crippen LogP contribution in [-0.2, 0) is 12.6 Å². The van der Waals surface area contributed by atoms with E-state index in [1.54, 1.807) is 30.3 Å². The molecule has 1 amide bonds. The van der Waals surface area contributed by atoms with Gasteiger partial charge in [0.25, 0.3) is 5.91 Å². The molecule has 0 bridgehead atoms. The summed E-state index contributed by atoms with van der Waals surface area (Å²) in [5, 5.41) is 12.8. The highest BCUT2D eigenvalue weighted by Gasteiger charge is 2.30. The standard InChI is InChI=1S/C23H20F3N3O2S/c24-23(25,26)15-3-1-4-16(13-15)32-17-7-9-28-21(14-17)29(11-12-30)22(31)19-5-2-6-20-18(19)8-10-27-20/h1-7,9,13-14,27,30H,8,10-12H2. The van der Waals surface area contributed by atoms with E-state index in [1.165, 1.54) is 17.2 Å². The molecule has 1 aliphatic heterocycles. The lowest BCUT2D eigenvalue weighted by Crippen LogP contribution is -2.34. The summed E-state index contributed by atoms with van der Waals surface area (Å²) in [5.74, 6) is 0.0397. The number of aliphatic hydroxyl groups excluding tert-OH is 1. The number of halogens is 3. The van der Waals surface area contributed by atoms with Crippen LogP contribution in [0.25, 0.3) is 0 Å². The minimum atomic E-state index is -4.42. The largest absolute Gasteiger partial charge is 0.416 e. The summed E-state index contributed by atoms with van der Waals surface area (Å²) in [6.07, 6.45) is -2.20. The number of rotatable bonds is 6. The molecule has 0 saturated heterocycles. The van der Waals surface area contributed by atoms with E-state index in [9.17, 15) is 23.1 Å². The predicted octanol–water partition coefficient (Wildman–Crippen LogP) is 4.86. The van der Waals surface area contributed by atoms with Gasteiger partial charge in [0.05, 0.1) is 18.7 Å². The van der Waals surface area contributed by atoms with E-state index in [1.807, 2.05) is 6.07 Å². The molecule has 166 valence electrons. The number of aliphatic hydroxyl groups is 1. The van der Waals surface area contributed by atoms with Gasteiger partial charge in [-0.2, -0.15) is 13.2 Å². The number of pyridine rings is 1. The van der Waals surface area contributed by atoms with Crippen LogP contribution >= 0.6 is 11.8 Å². The third kappa shape index (κ3) is 4.73. The summed E-state index contributed by atoms with van der Waals surface area (Å²) in [6, 6.07) is 13.8. The van der Waals surface area contributed by atoms with E-state index in [4.69, 9.17) is 0 Å². The van der Waals surface area contributed by atoms with Crippen molar-refractivity contribution in [3.8, 4) is 0 Å². The number of aromatic nitrogens is 1. The van der Waals surface area contributed by atoms with Crippen LogP contribution in [0, 0.1) is 0 Å². The van der Waals surface area contributed by atoms with Crippen molar-refractivity contribution in [3.63, 3.8) is 0 Å². The maximum Gasteiger partial charge on any atom is 0.416 e. The van der Waals surface area contributed by atoms with Crippen molar-refractivity contribution in [1.29, 1.82) is 0 Å². The molecule has 32 heavy (non-hydrogen) atoms. The molecule has 0 unspecified atom stereocenters. The van der Waals surface area contributed by atoms with Crippen LogP contribution in [0.5, 0.6) is 0 Å². The van der Waals surface area contributed by atoms with Crippen LogP contribution in [0.1, 0.15) is 21.5 Å². The lowest BCUT2D eigenvalue weighted by molar-refractivity contribution is -0.137. The van der Waals surface area contributed by atoms with E-state index in [0.717, 1.165) is 48.1 Å². The van der Waals surface area contributed by atoms with Gasteiger partial charge < -0.3 is 10.4 Å². The average Bonchev–Trinajstić information content (AvgIpc) is 3.26. The number of carbonyl (C=O) groups excluding carboxylic acids is 1. The van der Waals surface area contributed by atoms with Gasteiger partial charge in [0.15, 0.2) is 0 Å². The van der Waals surface area contributed by atoms with Gasteiger partial charge in [0.2, 0.25) is 0 Å². The van der Waals surface area contributed by atoms with Gasteiger partial charge in [-0.1, -0.05) is 23.9 Å². The fourth-order valence-corrected chi connectivity index (χ4v) is 4.49. The number of amides is 1. The molecule has 2 N–H and O–H groups in total. The van der Waals surface area contributed by atoms with Crippen LogP contribution in [-0.4, -0.2) is 35.7 Å². The van der Waals surface area contributed by atoms with Gasteiger partial charge in [-0.25, -0.2) is 4.98 Å². The Morgan fingerprint density at radius 2 is 1.91 bits per heavy atom. The molecule has 5 nitrogen and oxygen atoms in total. The van der Waals surface area contributed by atoms with Crippen molar-refractivity contribution >= 4 is 29.2 Å². The Labute approximate surface area is 187 Å². The zero-order valence-electron chi connectivity index (χ0n) is 16.9. The van der Waals surface area contributed by atoms with E-state index < -0.39 is 11.7 Å². The molecule has 0 saturated carbocycles. The molecule has 3 aromatic rings. The minimum Gasteiger partial charge on any atom is -0.395 e. The van der Waals surface area contributed by atoms with Crippen LogP contribution in [0.3, 0.4) is 0 Å². The predicted molar refractivity (Wildman–Crippen MR) is 117 cm³/mol. The number of carbonyl (C=O) groups is 1. The molecular weight excluding hydrogens is 439 g/mol. The van der Waals surface area contributed by atoms with Crippen molar-refractivity contribution in [1.82, 2.24) is 4.98 Å². The number of nitrogens with one attached hydrogen (secondary N) is 1. The monoisotopic (exact) mass is 459 g/mol. The van der Waals surface area contributed by atoms with Crippen molar-refractivity contribution in [3.05, 3.63) is 77.5 Å². The summed E-state index contributed by atoms with van der Waals surface area (Å²) < 4.78 is 39.0. The molecule has 9 heteroatoms. The zero-order chi connectivity index (χ0) is 22.7. The Morgan fingerprint density at radius 3 is 2.69 bits per heavy atom. The SMILES string of the molecule is O=C(c1cccc2c1CCN2)N(CCO)c1cc(Sc2cccc(C(F)(F)F)c2)ccn1. The molecule has 0 aliphatic carbocycles. The average molecular weight is 459 g/mol. The normalized spacial score (nSPS) is 12.9. The van der Waals surface area contributed by atoms with E-state index in [-0.39, 0.29) is 19.1 Å². The van der Waals surface area contributed by atoms with Crippen molar-refractivity contribution in [2.75, 3.05) is 29.9 Å². The lowest BCUT2D eigenvalue weighted by atomic mass is 10.0. The molecule has 2 heterocycles. The van der Waals surface area contributed by atoms with E-state index in [0.29, 0.717) is 21.2 Å². The summed E-state index contributed by atoms with van der Waals surface area (Å²) in [6.45, 7) is 0.535. The van der Waals surface area contributed by atoms with Crippen molar-refractivity contribution in [2.24, 2.45) is 0 Å². The van der Waals surface area contributed by atoms with Gasteiger partial charge in [-0.3, -0.25) is 9.69 Å². The summed E-state index contributed by atoms with van der Waals surface area (Å²) in [4.78, 5) is 20.1. The fraction of sp³-hybridized carbons (Fsp3) is 0.217. The highest BCUT2D eigenvalue weighted by atomic mass is 32.2. The van der Waals surface area contributed by atoms with Gasteiger partial charge in [0, 0.05) is 33.8 Å². The van der Waals surface area contributed by atoms with E-state index in [2.05, 4.69) is 10.3 Å². The van der Waals surface area contributed by atoms with Gasteiger partial charge in [-0.15, -0.1) is 0 Å². The van der Waals surface area contributed by atoms with Crippen LogP contribution in [0.15, 0.2) is 70.6 Å². The Hall–Kier alpha value is -3.04. The number of hydrogen-bond acceptors (Lipinski definition) is 5. The smallest absolute Gasteiger partial charge is 0.395 e. The number of alkyl halides is 3. The molecule has 0 atom stereocenters. The molecule has 4 rings (SSSR count). The maximum absolute atomic E-state index is 13.3. The first-order valence-corrected chi connectivity index (χ1v) is 10.8. The molecule has 0 radical (unpaired) electrons. The third-order valence-electron chi connectivity index (χ3n) is 5.06.